The summed E-state index contributed by atoms with van der Waals surface area (Å²) in [4.78, 5) is 35.9. The predicted octanol–water partition coefficient (Wildman–Crippen LogP) is 5.29. The zero-order chi connectivity index (χ0) is 25.9. The van der Waals surface area contributed by atoms with Gasteiger partial charge < -0.3 is 23.7 Å². The van der Waals surface area contributed by atoms with Gasteiger partial charge in [0.25, 0.3) is 0 Å². The fourth-order valence-electron chi connectivity index (χ4n) is 2.85. The first-order chi connectivity index (χ1) is 17.4. The average Bonchev–Trinajstić information content (AvgIpc) is 2.90. The van der Waals surface area contributed by atoms with E-state index >= 15 is 0 Å². The topological polar surface area (TPSA) is 97.4 Å². The molecule has 0 heterocycles. The molecule has 0 atom stereocenters. The molecule has 8 nitrogen and oxygen atoms in total. The minimum Gasteiger partial charge on any atom is -0.497 e. The molecule has 0 fully saturated rings. The lowest BCUT2D eigenvalue weighted by atomic mass is 10.2. The quantitative estimate of drug-likeness (QED) is 0.149. The molecule has 3 aromatic rings. The lowest BCUT2D eigenvalue weighted by Gasteiger charge is -2.10. The molecule has 0 saturated heterocycles. The van der Waals surface area contributed by atoms with Gasteiger partial charge in [-0.05, 0) is 66.7 Å². The van der Waals surface area contributed by atoms with Gasteiger partial charge in [0.15, 0.2) is 0 Å². The number of carbonyl (C=O) groups is 3. The van der Waals surface area contributed by atoms with E-state index in [4.69, 9.17) is 35.3 Å². The first-order valence-corrected chi connectivity index (χ1v) is 11.2. The third kappa shape index (κ3) is 7.61. The predicted molar refractivity (Wildman–Crippen MR) is 132 cm³/mol. The molecule has 0 saturated carbocycles. The Hall–Kier alpha value is -4.30. The van der Waals surface area contributed by atoms with Crippen LogP contribution in [0, 0.1) is 0 Å². The third-order valence-corrected chi connectivity index (χ3v) is 4.99. The molecule has 0 aromatic heterocycles. The maximum atomic E-state index is 12.5. The summed E-state index contributed by atoms with van der Waals surface area (Å²) in [5.74, 6) is -0.119. The zero-order valence-corrected chi connectivity index (χ0v) is 20.2. The zero-order valence-electron chi connectivity index (χ0n) is 19.4. The van der Waals surface area contributed by atoms with Crippen LogP contribution in [0.3, 0.4) is 0 Å². The lowest BCUT2D eigenvalue weighted by Crippen LogP contribution is -2.11. The summed E-state index contributed by atoms with van der Waals surface area (Å²) in [5.41, 5.74) is 0.470. The van der Waals surface area contributed by atoms with Crippen molar-refractivity contribution in [1.82, 2.24) is 0 Å². The summed E-state index contributed by atoms with van der Waals surface area (Å²) in [7, 11) is 1.54. The number of esters is 3. The molecule has 36 heavy (non-hydrogen) atoms. The molecule has 0 spiro atoms. The van der Waals surface area contributed by atoms with E-state index in [2.05, 4.69) is 6.58 Å². The number of hydrogen-bond donors (Lipinski definition) is 0. The number of carbonyl (C=O) groups excluding carboxylic acids is 3. The van der Waals surface area contributed by atoms with Crippen LogP contribution in [0.25, 0.3) is 0 Å². The van der Waals surface area contributed by atoms with Crippen molar-refractivity contribution in [3.05, 3.63) is 95.5 Å². The van der Waals surface area contributed by atoms with Crippen molar-refractivity contribution in [1.29, 1.82) is 0 Å². The molecule has 0 N–H and O–H groups in total. The standard InChI is InChI=1S/C27H23ClO8/c1-3-25(29)34-16-4-15-33-21-8-5-18(6-9-21)26(30)36-24-14-7-19(17-23(24)28)27(31)35-22-12-10-20(32-2)11-13-22/h3,5-14,17H,1,4,15-16H2,2H3. The van der Waals surface area contributed by atoms with E-state index in [9.17, 15) is 14.4 Å². The van der Waals surface area contributed by atoms with Crippen LogP contribution in [0.4, 0.5) is 0 Å². The van der Waals surface area contributed by atoms with Crippen molar-refractivity contribution >= 4 is 29.5 Å². The molecule has 0 radical (unpaired) electrons. The lowest BCUT2D eigenvalue weighted by molar-refractivity contribution is -0.137. The second kappa shape index (κ2) is 13.0. The van der Waals surface area contributed by atoms with Crippen LogP contribution in [0.5, 0.6) is 23.0 Å². The van der Waals surface area contributed by atoms with E-state index in [1.165, 1.54) is 25.3 Å². The van der Waals surface area contributed by atoms with Crippen molar-refractivity contribution < 1.29 is 38.1 Å². The summed E-state index contributed by atoms with van der Waals surface area (Å²) in [6.07, 6.45) is 1.60. The molecule has 186 valence electrons. The monoisotopic (exact) mass is 510 g/mol. The molecule has 0 aliphatic rings. The van der Waals surface area contributed by atoms with Gasteiger partial charge in [0.05, 0.1) is 36.5 Å². The maximum absolute atomic E-state index is 12.5. The highest BCUT2D eigenvalue weighted by Crippen LogP contribution is 2.27. The molecule has 9 heteroatoms. The van der Waals surface area contributed by atoms with Gasteiger partial charge in [-0.15, -0.1) is 0 Å². The van der Waals surface area contributed by atoms with Crippen LogP contribution < -0.4 is 18.9 Å². The van der Waals surface area contributed by atoms with E-state index in [1.807, 2.05) is 0 Å². The van der Waals surface area contributed by atoms with E-state index < -0.39 is 17.9 Å². The Bertz CT molecular complexity index is 1220. The number of ether oxygens (including phenoxy) is 5. The van der Waals surface area contributed by atoms with Crippen LogP contribution >= 0.6 is 11.6 Å². The molecule has 0 amide bonds. The highest BCUT2D eigenvalue weighted by molar-refractivity contribution is 6.32. The Kier molecular flexibility index (Phi) is 9.48. The second-order valence-corrected chi connectivity index (χ2v) is 7.60. The number of hydrogen-bond acceptors (Lipinski definition) is 8. The molecule has 3 aromatic carbocycles. The number of methoxy groups -OCH3 is 1. The molecule has 0 aliphatic carbocycles. The maximum Gasteiger partial charge on any atom is 0.343 e. The van der Waals surface area contributed by atoms with Crippen molar-refractivity contribution in [2.24, 2.45) is 0 Å². The summed E-state index contributed by atoms with van der Waals surface area (Å²) >= 11 is 6.23. The van der Waals surface area contributed by atoms with E-state index in [0.717, 1.165) is 6.08 Å². The summed E-state index contributed by atoms with van der Waals surface area (Å²) < 4.78 is 26.2. The van der Waals surface area contributed by atoms with E-state index in [1.54, 1.807) is 48.5 Å². The van der Waals surface area contributed by atoms with Crippen molar-refractivity contribution in [3.63, 3.8) is 0 Å². The Morgan fingerprint density at radius 3 is 2.06 bits per heavy atom. The van der Waals surface area contributed by atoms with Crippen LogP contribution in [0.2, 0.25) is 5.02 Å². The normalized spacial score (nSPS) is 10.2. The minimum absolute atomic E-state index is 0.0737. The highest BCUT2D eigenvalue weighted by atomic mass is 35.5. The average molecular weight is 511 g/mol. The van der Waals surface area contributed by atoms with Crippen LogP contribution in [-0.4, -0.2) is 38.2 Å². The summed E-state index contributed by atoms with van der Waals surface area (Å²) in [5, 5.41) is 0.0737. The van der Waals surface area contributed by atoms with Gasteiger partial charge in [-0.3, -0.25) is 0 Å². The smallest absolute Gasteiger partial charge is 0.343 e. The number of halogens is 1. The van der Waals surface area contributed by atoms with Gasteiger partial charge in [-0.2, -0.15) is 0 Å². The first kappa shape index (κ1) is 26.3. The van der Waals surface area contributed by atoms with Crippen molar-refractivity contribution in [2.75, 3.05) is 20.3 Å². The summed E-state index contributed by atoms with van der Waals surface area (Å²) in [6, 6.07) is 17.1. The Morgan fingerprint density at radius 1 is 0.806 bits per heavy atom. The van der Waals surface area contributed by atoms with Gasteiger partial charge in [0.2, 0.25) is 0 Å². The fourth-order valence-corrected chi connectivity index (χ4v) is 3.07. The van der Waals surface area contributed by atoms with Gasteiger partial charge in [0.1, 0.15) is 23.0 Å². The Balaban J connectivity index is 1.52. The van der Waals surface area contributed by atoms with Gasteiger partial charge >= 0.3 is 17.9 Å². The van der Waals surface area contributed by atoms with Gasteiger partial charge in [0, 0.05) is 12.5 Å². The Labute approximate surface area is 212 Å². The molecule has 0 bridgehead atoms. The van der Waals surface area contributed by atoms with Crippen LogP contribution in [0.1, 0.15) is 27.1 Å². The van der Waals surface area contributed by atoms with E-state index in [0.29, 0.717) is 30.3 Å². The largest absolute Gasteiger partial charge is 0.497 e. The first-order valence-electron chi connectivity index (χ1n) is 10.8. The van der Waals surface area contributed by atoms with Gasteiger partial charge in [-0.25, -0.2) is 14.4 Å². The SMILES string of the molecule is C=CC(=O)OCCCOc1ccc(C(=O)Oc2ccc(C(=O)Oc3ccc(OC)cc3)cc2Cl)cc1. The number of benzene rings is 3. The van der Waals surface area contributed by atoms with Crippen LogP contribution in [-0.2, 0) is 9.53 Å². The summed E-state index contributed by atoms with van der Waals surface area (Å²) in [6.45, 7) is 3.86. The molecule has 3 rings (SSSR count). The van der Waals surface area contributed by atoms with Gasteiger partial charge in [-0.1, -0.05) is 18.2 Å². The van der Waals surface area contributed by atoms with Crippen molar-refractivity contribution in [2.45, 2.75) is 6.42 Å². The Morgan fingerprint density at radius 2 is 1.42 bits per heavy atom. The highest BCUT2D eigenvalue weighted by Gasteiger charge is 2.15. The molecular weight excluding hydrogens is 488 g/mol. The molecular formula is C27H23ClO8. The number of rotatable bonds is 11. The molecule has 0 aliphatic heterocycles. The third-order valence-electron chi connectivity index (χ3n) is 4.70. The van der Waals surface area contributed by atoms with Crippen LogP contribution in [0.15, 0.2) is 79.4 Å². The van der Waals surface area contributed by atoms with E-state index in [-0.39, 0.29) is 28.5 Å². The second-order valence-electron chi connectivity index (χ2n) is 7.20. The van der Waals surface area contributed by atoms with Crippen molar-refractivity contribution in [3.8, 4) is 23.0 Å². The fraction of sp³-hybridized carbons (Fsp3) is 0.148. The minimum atomic E-state index is -0.631. The molecule has 0 unspecified atom stereocenters.